The van der Waals surface area contributed by atoms with Gasteiger partial charge in [-0.05, 0) is 18.4 Å². The van der Waals surface area contributed by atoms with Gasteiger partial charge in [0.2, 0.25) is 0 Å². The van der Waals surface area contributed by atoms with Crippen molar-refractivity contribution >= 4 is 5.57 Å². The van der Waals surface area contributed by atoms with Crippen LogP contribution in [-0.4, -0.2) is 16.8 Å². The molecular formula is C8H10N2O. The lowest BCUT2D eigenvalue weighted by atomic mass is 10.1. The Bertz CT molecular complexity index is 251. The number of ether oxygens (including phenoxy) is 1. The first-order chi connectivity index (χ1) is 5.47. The van der Waals surface area contributed by atoms with Crippen molar-refractivity contribution < 1.29 is 4.74 Å². The van der Waals surface area contributed by atoms with Crippen molar-refractivity contribution in [3.05, 3.63) is 24.2 Å². The molecule has 0 unspecified atom stereocenters. The lowest BCUT2D eigenvalue weighted by Crippen LogP contribution is -1.97. The van der Waals surface area contributed by atoms with Gasteiger partial charge in [0.05, 0.1) is 19.1 Å². The topological polar surface area (TPSA) is 37.9 Å². The average molecular weight is 150 g/mol. The highest BCUT2D eigenvalue weighted by atomic mass is 16.5. The number of aromatic amines is 1. The third kappa shape index (κ3) is 1.27. The van der Waals surface area contributed by atoms with Crippen LogP contribution in [-0.2, 0) is 4.74 Å². The molecule has 0 bridgehead atoms. The largest absolute Gasteiger partial charge is 0.501 e. The summed E-state index contributed by atoms with van der Waals surface area (Å²) < 4.78 is 5.20. The molecule has 0 aliphatic carbocycles. The first kappa shape index (κ1) is 6.46. The zero-order valence-electron chi connectivity index (χ0n) is 6.21. The van der Waals surface area contributed by atoms with Gasteiger partial charge in [-0.1, -0.05) is 0 Å². The molecule has 1 N–H and O–H groups in total. The monoisotopic (exact) mass is 150 g/mol. The Morgan fingerprint density at radius 3 is 3.18 bits per heavy atom. The van der Waals surface area contributed by atoms with Crippen molar-refractivity contribution in [3.63, 3.8) is 0 Å². The maximum Gasteiger partial charge on any atom is 0.0876 e. The molecular weight excluding hydrogens is 140 g/mol. The average Bonchev–Trinajstić information content (AvgIpc) is 2.58. The normalized spacial score (nSPS) is 17.3. The molecule has 0 radical (unpaired) electrons. The fraction of sp³-hybridized carbons (Fsp3) is 0.375. The fourth-order valence-corrected chi connectivity index (χ4v) is 1.20. The summed E-state index contributed by atoms with van der Waals surface area (Å²) in [7, 11) is 0. The number of rotatable bonds is 1. The van der Waals surface area contributed by atoms with Gasteiger partial charge < -0.3 is 4.74 Å². The van der Waals surface area contributed by atoms with Crippen LogP contribution in [0.1, 0.15) is 18.4 Å². The molecule has 1 aromatic heterocycles. The molecule has 2 heterocycles. The molecule has 1 aliphatic rings. The van der Waals surface area contributed by atoms with Crippen molar-refractivity contribution in [1.29, 1.82) is 0 Å². The molecule has 0 aromatic carbocycles. The van der Waals surface area contributed by atoms with Gasteiger partial charge in [-0.2, -0.15) is 5.10 Å². The van der Waals surface area contributed by atoms with Crippen molar-refractivity contribution in [2.24, 2.45) is 0 Å². The van der Waals surface area contributed by atoms with Gasteiger partial charge in [-0.3, -0.25) is 5.10 Å². The Labute approximate surface area is 65.1 Å². The van der Waals surface area contributed by atoms with E-state index in [0.29, 0.717) is 0 Å². The second-order valence-electron chi connectivity index (χ2n) is 2.60. The summed E-state index contributed by atoms with van der Waals surface area (Å²) >= 11 is 0. The number of allylic oxidation sites excluding steroid dienone is 1. The van der Waals surface area contributed by atoms with Crippen LogP contribution in [0.15, 0.2) is 18.7 Å². The molecule has 3 nitrogen and oxygen atoms in total. The Hall–Kier alpha value is -1.25. The third-order valence-corrected chi connectivity index (χ3v) is 1.80. The van der Waals surface area contributed by atoms with Crippen LogP contribution in [0.4, 0.5) is 0 Å². The van der Waals surface area contributed by atoms with Gasteiger partial charge in [-0.15, -0.1) is 0 Å². The van der Waals surface area contributed by atoms with Gasteiger partial charge in [0.15, 0.2) is 0 Å². The third-order valence-electron chi connectivity index (χ3n) is 1.80. The number of hydrogen-bond acceptors (Lipinski definition) is 2. The van der Waals surface area contributed by atoms with E-state index in [2.05, 4.69) is 10.2 Å². The predicted octanol–water partition coefficient (Wildman–Crippen LogP) is 1.56. The van der Waals surface area contributed by atoms with Crippen LogP contribution in [0.25, 0.3) is 5.57 Å². The summed E-state index contributed by atoms with van der Waals surface area (Å²) in [6, 6.07) is 0. The molecule has 0 fully saturated rings. The number of H-pyrrole nitrogens is 1. The van der Waals surface area contributed by atoms with E-state index in [-0.39, 0.29) is 0 Å². The first-order valence-electron chi connectivity index (χ1n) is 3.76. The Morgan fingerprint density at radius 1 is 1.55 bits per heavy atom. The smallest absolute Gasteiger partial charge is 0.0876 e. The second-order valence-corrected chi connectivity index (χ2v) is 2.60. The van der Waals surface area contributed by atoms with E-state index in [1.807, 2.05) is 18.7 Å². The van der Waals surface area contributed by atoms with Gasteiger partial charge >= 0.3 is 0 Å². The fourth-order valence-electron chi connectivity index (χ4n) is 1.20. The number of aromatic nitrogens is 2. The predicted molar refractivity (Wildman–Crippen MR) is 41.8 cm³/mol. The highest BCUT2D eigenvalue weighted by molar-refractivity contribution is 5.63. The zero-order chi connectivity index (χ0) is 7.52. The molecule has 0 spiro atoms. The zero-order valence-corrected chi connectivity index (χ0v) is 6.21. The summed E-state index contributed by atoms with van der Waals surface area (Å²) in [6.07, 6.45) is 7.74. The molecule has 1 aliphatic heterocycles. The molecule has 0 amide bonds. The Morgan fingerprint density at radius 2 is 2.55 bits per heavy atom. The lowest BCUT2D eigenvalue weighted by molar-refractivity contribution is 0.235. The summed E-state index contributed by atoms with van der Waals surface area (Å²) in [5.41, 5.74) is 2.38. The van der Waals surface area contributed by atoms with E-state index >= 15 is 0 Å². The highest BCUT2D eigenvalue weighted by Gasteiger charge is 2.06. The van der Waals surface area contributed by atoms with Crippen LogP contribution < -0.4 is 0 Å². The summed E-state index contributed by atoms with van der Waals surface area (Å²) in [5, 5.41) is 6.66. The number of nitrogens with one attached hydrogen (secondary N) is 1. The van der Waals surface area contributed by atoms with Crippen molar-refractivity contribution in [2.45, 2.75) is 12.8 Å². The minimum Gasteiger partial charge on any atom is -0.501 e. The summed E-state index contributed by atoms with van der Waals surface area (Å²) in [5.74, 6) is 0. The molecule has 3 heteroatoms. The van der Waals surface area contributed by atoms with Gasteiger partial charge in [-0.25, -0.2) is 0 Å². The van der Waals surface area contributed by atoms with E-state index in [0.717, 1.165) is 25.0 Å². The summed E-state index contributed by atoms with van der Waals surface area (Å²) in [4.78, 5) is 0. The highest BCUT2D eigenvalue weighted by Crippen LogP contribution is 2.21. The van der Waals surface area contributed by atoms with Crippen LogP contribution in [0.3, 0.4) is 0 Å². The van der Waals surface area contributed by atoms with E-state index < -0.39 is 0 Å². The maximum absolute atomic E-state index is 5.20. The molecule has 0 saturated heterocycles. The van der Waals surface area contributed by atoms with Gasteiger partial charge in [0, 0.05) is 11.8 Å². The minimum absolute atomic E-state index is 0.849. The molecule has 1 aromatic rings. The van der Waals surface area contributed by atoms with Gasteiger partial charge in [0.25, 0.3) is 0 Å². The van der Waals surface area contributed by atoms with Crippen molar-refractivity contribution in [1.82, 2.24) is 10.2 Å². The minimum atomic E-state index is 0.849. The van der Waals surface area contributed by atoms with E-state index in [1.165, 1.54) is 5.57 Å². The maximum atomic E-state index is 5.20. The van der Waals surface area contributed by atoms with Crippen molar-refractivity contribution in [2.75, 3.05) is 6.61 Å². The molecule has 2 rings (SSSR count). The van der Waals surface area contributed by atoms with Crippen molar-refractivity contribution in [3.8, 4) is 0 Å². The quantitative estimate of drug-likeness (QED) is 0.659. The SMILES string of the molecule is C1=C(c2cn[nH]c2)CCCO1. The van der Waals surface area contributed by atoms with Crippen LogP contribution >= 0.6 is 0 Å². The Balaban J connectivity index is 2.22. The second kappa shape index (κ2) is 2.78. The molecule has 11 heavy (non-hydrogen) atoms. The molecule has 58 valence electrons. The van der Waals surface area contributed by atoms with E-state index in [4.69, 9.17) is 4.74 Å². The first-order valence-corrected chi connectivity index (χ1v) is 3.76. The van der Waals surface area contributed by atoms with E-state index in [1.54, 1.807) is 0 Å². The molecule has 0 saturated carbocycles. The summed E-state index contributed by atoms with van der Waals surface area (Å²) in [6.45, 7) is 0.849. The van der Waals surface area contributed by atoms with Gasteiger partial charge in [0.1, 0.15) is 0 Å². The van der Waals surface area contributed by atoms with Crippen LogP contribution in [0.5, 0.6) is 0 Å². The van der Waals surface area contributed by atoms with Crippen LogP contribution in [0, 0.1) is 0 Å². The lowest BCUT2D eigenvalue weighted by Gasteiger charge is -2.11. The molecule has 0 atom stereocenters. The standard InChI is InChI=1S/C8H10N2O/c1-2-7(6-11-3-1)8-4-9-10-5-8/h4-6H,1-3H2,(H,9,10). The number of hydrogen-bond donors (Lipinski definition) is 1. The van der Waals surface area contributed by atoms with Crippen LogP contribution in [0.2, 0.25) is 0 Å². The Kier molecular flexibility index (Phi) is 1.63. The van der Waals surface area contributed by atoms with E-state index in [9.17, 15) is 0 Å². The number of nitrogens with zero attached hydrogens (tertiary/aromatic N) is 1.